The van der Waals surface area contributed by atoms with E-state index in [1.807, 2.05) is 4.90 Å². The van der Waals surface area contributed by atoms with Crippen LogP contribution in [0.3, 0.4) is 0 Å². The van der Waals surface area contributed by atoms with E-state index in [-0.39, 0.29) is 18.4 Å². The van der Waals surface area contributed by atoms with Gasteiger partial charge in [-0.2, -0.15) is 0 Å². The first-order valence-electron chi connectivity index (χ1n) is 9.52. The molecule has 1 aromatic rings. The maximum absolute atomic E-state index is 13.0. The van der Waals surface area contributed by atoms with Gasteiger partial charge >= 0.3 is 0 Å². The smallest absolute Gasteiger partial charge is 0.245 e. The third-order valence-electron chi connectivity index (χ3n) is 4.99. The van der Waals surface area contributed by atoms with E-state index in [2.05, 4.69) is 10.6 Å². The van der Waals surface area contributed by atoms with Crippen molar-refractivity contribution >= 4 is 58.0 Å². The highest BCUT2D eigenvalue weighted by atomic mass is 35.5. The van der Waals surface area contributed by atoms with Gasteiger partial charge in [-0.05, 0) is 62.5 Å². The van der Waals surface area contributed by atoms with Crippen LogP contribution in [0.2, 0.25) is 10.0 Å². The molecule has 2 fully saturated rings. The Morgan fingerprint density at radius 2 is 1.71 bits per heavy atom. The van der Waals surface area contributed by atoms with Crippen molar-refractivity contribution in [1.29, 1.82) is 0 Å². The van der Waals surface area contributed by atoms with Crippen molar-refractivity contribution in [2.24, 2.45) is 0 Å². The van der Waals surface area contributed by atoms with Crippen LogP contribution in [0.25, 0.3) is 0 Å². The number of rotatable bonds is 4. The molecule has 1 unspecified atom stereocenters. The van der Waals surface area contributed by atoms with Crippen LogP contribution in [0, 0.1) is 0 Å². The van der Waals surface area contributed by atoms with Gasteiger partial charge in [0.15, 0.2) is 5.11 Å². The van der Waals surface area contributed by atoms with Crippen LogP contribution in [0.15, 0.2) is 18.2 Å². The van der Waals surface area contributed by atoms with E-state index < -0.39 is 6.04 Å². The molecule has 2 N–H and O–H groups in total. The van der Waals surface area contributed by atoms with E-state index in [1.165, 1.54) is 0 Å². The average Bonchev–Trinajstić information content (AvgIpc) is 3.11. The summed E-state index contributed by atoms with van der Waals surface area (Å²) in [5, 5.41) is 7.42. The molecule has 6 nitrogen and oxygen atoms in total. The molecule has 2 aliphatic rings. The van der Waals surface area contributed by atoms with Gasteiger partial charge in [-0.25, -0.2) is 0 Å². The van der Waals surface area contributed by atoms with Crippen LogP contribution in [0.1, 0.15) is 32.1 Å². The summed E-state index contributed by atoms with van der Waals surface area (Å²) in [5.74, 6) is -0.0564. The van der Waals surface area contributed by atoms with Gasteiger partial charge in [0.1, 0.15) is 6.04 Å². The molecule has 2 saturated heterocycles. The molecule has 2 heterocycles. The molecule has 0 saturated carbocycles. The minimum atomic E-state index is -0.455. The molecule has 0 aliphatic carbocycles. The zero-order valence-corrected chi connectivity index (χ0v) is 17.9. The third-order valence-corrected chi connectivity index (χ3v) is 5.65. The number of nitrogens with one attached hydrogen (secondary N) is 2. The number of carbonyl (C=O) groups is 2. The second kappa shape index (κ2) is 9.76. The number of nitrogens with zero attached hydrogens (tertiary/aromatic N) is 2. The quantitative estimate of drug-likeness (QED) is 0.700. The van der Waals surface area contributed by atoms with Crippen LogP contribution >= 0.6 is 35.4 Å². The first kappa shape index (κ1) is 21.1. The van der Waals surface area contributed by atoms with Crippen molar-refractivity contribution in [1.82, 2.24) is 15.1 Å². The van der Waals surface area contributed by atoms with E-state index in [0.717, 1.165) is 38.8 Å². The molecule has 0 bridgehead atoms. The van der Waals surface area contributed by atoms with Gasteiger partial charge in [-0.15, -0.1) is 0 Å². The van der Waals surface area contributed by atoms with Gasteiger partial charge < -0.3 is 20.4 Å². The predicted molar refractivity (Wildman–Crippen MR) is 116 cm³/mol. The average molecular weight is 443 g/mol. The molecule has 0 radical (unpaired) electrons. The van der Waals surface area contributed by atoms with Crippen molar-refractivity contribution in [2.75, 3.05) is 31.5 Å². The lowest BCUT2D eigenvalue weighted by Gasteiger charge is -2.27. The highest BCUT2D eigenvalue weighted by Crippen LogP contribution is 2.22. The highest BCUT2D eigenvalue weighted by molar-refractivity contribution is 7.80. The topological polar surface area (TPSA) is 64.7 Å². The minimum absolute atomic E-state index is 0.0285. The molecule has 2 amide bonds. The Bertz CT molecular complexity index is 735. The Hall–Kier alpha value is -1.57. The fourth-order valence-corrected chi connectivity index (χ4v) is 4.36. The lowest BCUT2D eigenvalue weighted by atomic mass is 10.1. The fraction of sp³-hybridized carbons (Fsp3) is 0.526. The van der Waals surface area contributed by atoms with Gasteiger partial charge in [-0.3, -0.25) is 9.59 Å². The number of hydrogen-bond acceptors (Lipinski definition) is 3. The Balaban J connectivity index is 1.59. The molecule has 9 heteroatoms. The Kier molecular flexibility index (Phi) is 7.37. The van der Waals surface area contributed by atoms with Gasteiger partial charge in [0.2, 0.25) is 11.8 Å². The molecule has 3 rings (SSSR count). The van der Waals surface area contributed by atoms with E-state index >= 15 is 0 Å². The summed E-state index contributed by atoms with van der Waals surface area (Å²) in [6.45, 7) is 2.32. The van der Waals surface area contributed by atoms with Crippen LogP contribution in [-0.4, -0.2) is 58.9 Å². The van der Waals surface area contributed by atoms with E-state index in [0.29, 0.717) is 33.8 Å². The number of likely N-dealkylation sites (tertiary alicyclic amines) is 2. The normalized spacial score (nSPS) is 20.1. The van der Waals surface area contributed by atoms with Crippen LogP contribution < -0.4 is 10.6 Å². The summed E-state index contributed by atoms with van der Waals surface area (Å²) >= 11 is 17.4. The number of halogens is 2. The lowest BCUT2D eigenvalue weighted by molar-refractivity contribution is -0.140. The number of carbonyl (C=O) groups excluding carboxylic acids is 2. The first-order chi connectivity index (χ1) is 13.4. The Morgan fingerprint density at radius 1 is 1.07 bits per heavy atom. The lowest BCUT2D eigenvalue weighted by Crippen LogP contribution is -2.51. The van der Waals surface area contributed by atoms with Crippen molar-refractivity contribution in [3.63, 3.8) is 0 Å². The van der Waals surface area contributed by atoms with Gasteiger partial charge in [0.05, 0.1) is 6.54 Å². The second-order valence-corrected chi connectivity index (χ2v) is 8.43. The minimum Gasteiger partial charge on any atom is -0.351 e. The van der Waals surface area contributed by atoms with Gasteiger partial charge in [0, 0.05) is 35.4 Å². The SMILES string of the molecule is O=C(CN1CCCCC(NC(=S)Nc2cc(Cl)cc(Cl)c2)C1=O)N1CCCC1. The maximum Gasteiger partial charge on any atom is 0.245 e. The molecule has 2 aliphatic heterocycles. The standard InChI is InChI=1S/C19H24Cl2N4O2S/c20-13-9-14(21)11-15(10-13)22-19(28)23-16-5-1-2-8-25(18(16)27)12-17(26)24-6-3-4-7-24/h9-11,16H,1-8,12H2,(H2,22,23,28). The zero-order chi connectivity index (χ0) is 20.1. The summed E-state index contributed by atoms with van der Waals surface area (Å²) < 4.78 is 0. The van der Waals surface area contributed by atoms with Crippen LogP contribution in [0.5, 0.6) is 0 Å². The molecular formula is C19H24Cl2N4O2S. The number of hydrogen-bond donors (Lipinski definition) is 2. The molecule has 152 valence electrons. The first-order valence-corrected chi connectivity index (χ1v) is 10.7. The van der Waals surface area contributed by atoms with Crippen molar-refractivity contribution in [2.45, 2.75) is 38.1 Å². The molecule has 1 atom stereocenters. The second-order valence-electron chi connectivity index (χ2n) is 7.15. The number of anilines is 1. The zero-order valence-electron chi connectivity index (χ0n) is 15.5. The van der Waals surface area contributed by atoms with Crippen molar-refractivity contribution < 1.29 is 9.59 Å². The number of benzene rings is 1. The Morgan fingerprint density at radius 3 is 2.39 bits per heavy atom. The maximum atomic E-state index is 13.0. The molecule has 1 aromatic carbocycles. The van der Waals surface area contributed by atoms with Crippen LogP contribution in [0.4, 0.5) is 5.69 Å². The number of amides is 2. The van der Waals surface area contributed by atoms with Crippen molar-refractivity contribution in [3.8, 4) is 0 Å². The Labute approximate surface area is 180 Å². The molecule has 28 heavy (non-hydrogen) atoms. The van der Waals surface area contributed by atoms with E-state index in [4.69, 9.17) is 35.4 Å². The predicted octanol–water partition coefficient (Wildman–Crippen LogP) is 3.28. The highest BCUT2D eigenvalue weighted by Gasteiger charge is 2.30. The summed E-state index contributed by atoms with van der Waals surface area (Å²) in [7, 11) is 0. The van der Waals surface area contributed by atoms with Gasteiger partial charge in [0.25, 0.3) is 0 Å². The van der Waals surface area contributed by atoms with Crippen LogP contribution in [-0.2, 0) is 9.59 Å². The summed E-state index contributed by atoms with van der Waals surface area (Å²) in [4.78, 5) is 28.9. The molecule has 0 aromatic heterocycles. The van der Waals surface area contributed by atoms with Crippen molar-refractivity contribution in [3.05, 3.63) is 28.2 Å². The van der Waals surface area contributed by atoms with Gasteiger partial charge in [-0.1, -0.05) is 23.2 Å². The third kappa shape index (κ3) is 5.72. The van der Waals surface area contributed by atoms with E-state index in [9.17, 15) is 9.59 Å². The monoisotopic (exact) mass is 442 g/mol. The summed E-state index contributed by atoms with van der Waals surface area (Å²) in [6, 6.07) is 4.59. The summed E-state index contributed by atoms with van der Waals surface area (Å²) in [5.41, 5.74) is 0.650. The largest absolute Gasteiger partial charge is 0.351 e. The summed E-state index contributed by atoms with van der Waals surface area (Å²) in [6.07, 6.45) is 4.52. The van der Waals surface area contributed by atoms with E-state index in [1.54, 1.807) is 23.1 Å². The number of thiocarbonyl (C=S) groups is 1. The fourth-order valence-electron chi connectivity index (χ4n) is 3.58. The molecule has 0 spiro atoms. The molecular weight excluding hydrogens is 419 g/mol.